The van der Waals surface area contributed by atoms with Crippen LogP contribution in [0.3, 0.4) is 0 Å². The topological polar surface area (TPSA) is 22.1 Å². The molecule has 0 saturated heterocycles. The fourth-order valence-electron chi connectivity index (χ4n) is 2.13. The van der Waals surface area contributed by atoms with Gasteiger partial charge in [0.05, 0.1) is 10.6 Å². The normalized spacial score (nSPS) is 17.1. The minimum Gasteiger partial charge on any atom is -0.431 e. The van der Waals surface area contributed by atoms with Crippen molar-refractivity contribution in [1.29, 1.82) is 0 Å². The zero-order valence-corrected chi connectivity index (χ0v) is 12.3. The maximum absolute atomic E-state index is 5.90. The monoisotopic (exact) mass is 283 g/mol. The first-order valence-corrected chi connectivity index (χ1v) is 7.76. The van der Waals surface area contributed by atoms with E-state index >= 15 is 0 Å². The number of hydrogen-bond acceptors (Lipinski definition) is 3. The van der Waals surface area contributed by atoms with E-state index in [4.69, 9.17) is 4.74 Å². The molecule has 0 aromatic carbocycles. The molecule has 0 fully saturated rings. The van der Waals surface area contributed by atoms with Crippen molar-refractivity contribution in [2.24, 2.45) is 0 Å². The fraction of sp³-hybridized carbons (Fsp3) is 0.235. The van der Waals surface area contributed by atoms with E-state index in [2.05, 4.69) is 54.4 Å². The molecule has 102 valence electrons. The number of aromatic nitrogens is 1. The molecule has 1 aromatic heterocycles. The Morgan fingerprint density at radius 1 is 1.10 bits per heavy atom. The van der Waals surface area contributed by atoms with Crippen LogP contribution in [0.4, 0.5) is 0 Å². The molecule has 0 spiro atoms. The fourth-order valence-corrected chi connectivity index (χ4v) is 2.98. The van der Waals surface area contributed by atoms with Crippen molar-refractivity contribution in [2.45, 2.75) is 26.2 Å². The number of ether oxygens (including phenoxy) is 1. The Balaban J connectivity index is 1.76. The molecular formula is C17H17NOS. The highest BCUT2D eigenvalue weighted by Crippen LogP contribution is 2.30. The van der Waals surface area contributed by atoms with E-state index in [0.29, 0.717) is 5.19 Å². The van der Waals surface area contributed by atoms with Crippen LogP contribution in [0.5, 0.6) is 5.19 Å². The molecule has 3 rings (SSSR count). The first-order chi connectivity index (χ1) is 9.85. The lowest BCUT2D eigenvalue weighted by molar-refractivity contribution is 0.439. The average Bonchev–Trinajstić information content (AvgIpc) is 2.64. The van der Waals surface area contributed by atoms with Gasteiger partial charge in [-0.25, -0.2) is 4.98 Å². The van der Waals surface area contributed by atoms with Crippen molar-refractivity contribution in [1.82, 2.24) is 4.98 Å². The van der Waals surface area contributed by atoms with Crippen LogP contribution >= 0.6 is 11.3 Å². The Hall–Kier alpha value is -1.87. The van der Waals surface area contributed by atoms with E-state index in [0.717, 1.165) is 30.7 Å². The molecule has 2 aliphatic rings. The van der Waals surface area contributed by atoms with Crippen molar-refractivity contribution in [2.75, 3.05) is 0 Å². The molecule has 0 amide bonds. The van der Waals surface area contributed by atoms with Gasteiger partial charge < -0.3 is 4.74 Å². The zero-order valence-electron chi connectivity index (χ0n) is 11.5. The number of fused-ring (bicyclic) bond motifs is 1. The Labute approximate surface area is 123 Å². The van der Waals surface area contributed by atoms with Crippen molar-refractivity contribution >= 4 is 23.5 Å². The smallest absolute Gasteiger partial charge is 0.279 e. The van der Waals surface area contributed by atoms with Crippen LogP contribution in [0.15, 0.2) is 47.8 Å². The third-order valence-electron chi connectivity index (χ3n) is 3.25. The third kappa shape index (κ3) is 2.99. The van der Waals surface area contributed by atoms with Crippen LogP contribution in [0.25, 0.3) is 12.2 Å². The van der Waals surface area contributed by atoms with Gasteiger partial charge in [0, 0.05) is 0 Å². The summed E-state index contributed by atoms with van der Waals surface area (Å²) in [5.74, 6) is 0.876. The number of thiazole rings is 1. The van der Waals surface area contributed by atoms with E-state index in [9.17, 15) is 0 Å². The van der Waals surface area contributed by atoms with Gasteiger partial charge in [-0.1, -0.05) is 48.1 Å². The summed E-state index contributed by atoms with van der Waals surface area (Å²) in [4.78, 5) is 5.71. The second kappa shape index (κ2) is 6.06. The van der Waals surface area contributed by atoms with Crippen LogP contribution in [0, 0.1) is 0 Å². The maximum Gasteiger partial charge on any atom is 0.279 e. The molecule has 0 bridgehead atoms. The highest BCUT2D eigenvalue weighted by Gasteiger charge is 2.10. The quantitative estimate of drug-likeness (QED) is 0.767. The molecule has 2 aliphatic carbocycles. The minimum atomic E-state index is 0.710. The molecule has 0 N–H and O–H groups in total. The summed E-state index contributed by atoms with van der Waals surface area (Å²) in [6.07, 6.45) is 19.9. The number of nitrogens with zero attached hydrogens (tertiary/aromatic N) is 1. The van der Waals surface area contributed by atoms with Crippen molar-refractivity contribution in [3.8, 4) is 5.19 Å². The molecule has 0 atom stereocenters. The van der Waals surface area contributed by atoms with Gasteiger partial charge in [-0.05, 0) is 43.6 Å². The molecule has 0 unspecified atom stereocenters. The number of hydrogen-bond donors (Lipinski definition) is 0. The first-order valence-electron chi connectivity index (χ1n) is 6.94. The molecular weight excluding hydrogens is 266 g/mol. The van der Waals surface area contributed by atoms with Gasteiger partial charge in [0.2, 0.25) is 0 Å². The summed E-state index contributed by atoms with van der Waals surface area (Å²) in [5.41, 5.74) is 2.35. The molecule has 1 aromatic rings. The second-order valence-electron chi connectivity index (χ2n) is 4.68. The summed E-state index contributed by atoms with van der Waals surface area (Å²) in [5, 5.41) is 0.710. The lowest BCUT2D eigenvalue weighted by Gasteiger charge is -2.00. The van der Waals surface area contributed by atoms with Crippen molar-refractivity contribution in [3.63, 3.8) is 0 Å². The molecule has 0 saturated carbocycles. The zero-order chi connectivity index (χ0) is 13.8. The van der Waals surface area contributed by atoms with Crippen LogP contribution in [0.2, 0.25) is 0 Å². The summed E-state index contributed by atoms with van der Waals surface area (Å²) in [6.45, 7) is 2.17. The van der Waals surface area contributed by atoms with Gasteiger partial charge in [-0.15, -0.1) is 0 Å². The van der Waals surface area contributed by atoms with Crippen molar-refractivity contribution < 1.29 is 4.74 Å². The SMILES string of the molecule is CCC1=CCC=C(Oc2nc3c(s2)C=CCC=C3)C=C1. The molecule has 1 heterocycles. The average molecular weight is 283 g/mol. The molecule has 0 aliphatic heterocycles. The lowest BCUT2D eigenvalue weighted by atomic mass is 10.2. The van der Waals surface area contributed by atoms with Gasteiger partial charge in [0.25, 0.3) is 5.19 Å². The standard InChI is InChI=1S/C17H17NOS/c1-2-13-7-6-8-14(12-11-13)19-17-18-15-9-4-3-5-10-16(15)20-17/h4-5,7-12H,2-3,6H2,1H3. The largest absolute Gasteiger partial charge is 0.431 e. The predicted molar refractivity (Wildman–Crippen MR) is 85.6 cm³/mol. The third-order valence-corrected chi connectivity index (χ3v) is 4.17. The van der Waals surface area contributed by atoms with Gasteiger partial charge in [0.1, 0.15) is 5.76 Å². The van der Waals surface area contributed by atoms with E-state index in [1.165, 1.54) is 10.5 Å². The van der Waals surface area contributed by atoms with E-state index in [1.807, 2.05) is 6.08 Å². The van der Waals surface area contributed by atoms with Crippen LogP contribution < -0.4 is 4.74 Å². The number of allylic oxidation sites excluding steroid dienone is 7. The highest BCUT2D eigenvalue weighted by molar-refractivity contribution is 7.14. The first kappa shape index (κ1) is 13.1. The highest BCUT2D eigenvalue weighted by atomic mass is 32.1. The van der Waals surface area contributed by atoms with Gasteiger partial charge in [0.15, 0.2) is 0 Å². The maximum atomic E-state index is 5.90. The summed E-state index contributed by atoms with van der Waals surface area (Å²) in [6, 6.07) is 0. The summed E-state index contributed by atoms with van der Waals surface area (Å²) in [7, 11) is 0. The van der Waals surface area contributed by atoms with Gasteiger partial charge in [-0.2, -0.15) is 0 Å². The van der Waals surface area contributed by atoms with Gasteiger partial charge in [-0.3, -0.25) is 0 Å². The second-order valence-corrected chi connectivity index (χ2v) is 5.67. The van der Waals surface area contributed by atoms with Crippen LogP contribution in [-0.2, 0) is 0 Å². The molecule has 3 heteroatoms. The Morgan fingerprint density at radius 3 is 2.90 bits per heavy atom. The van der Waals surface area contributed by atoms with Crippen LogP contribution in [0.1, 0.15) is 36.8 Å². The Morgan fingerprint density at radius 2 is 2.00 bits per heavy atom. The van der Waals surface area contributed by atoms with Crippen LogP contribution in [-0.4, -0.2) is 4.98 Å². The minimum absolute atomic E-state index is 0.710. The predicted octanol–water partition coefficient (Wildman–Crippen LogP) is 5.13. The molecule has 0 radical (unpaired) electrons. The Bertz CT molecular complexity index is 614. The van der Waals surface area contributed by atoms with E-state index in [1.54, 1.807) is 11.3 Å². The molecule has 2 nitrogen and oxygen atoms in total. The lowest BCUT2D eigenvalue weighted by Crippen LogP contribution is -1.91. The Kier molecular flexibility index (Phi) is 3.97. The number of rotatable bonds is 3. The van der Waals surface area contributed by atoms with E-state index in [-0.39, 0.29) is 0 Å². The molecule has 20 heavy (non-hydrogen) atoms. The van der Waals surface area contributed by atoms with Gasteiger partial charge >= 0.3 is 0 Å². The van der Waals surface area contributed by atoms with Crippen molar-refractivity contribution in [3.05, 3.63) is 58.4 Å². The summed E-state index contributed by atoms with van der Waals surface area (Å²) < 4.78 is 5.90. The summed E-state index contributed by atoms with van der Waals surface area (Å²) >= 11 is 1.59. The van der Waals surface area contributed by atoms with E-state index < -0.39 is 0 Å².